The summed E-state index contributed by atoms with van der Waals surface area (Å²) in [4.78, 5) is 0. The van der Waals surface area contributed by atoms with Crippen molar-refractivity contribution in [2.24, 2.45) is 0 Å². The quantitative estimate of drug-likeness (QED) is 0.536. The Hall–Kier alpha value is 0.0800. The second kappa shape index (κ2) is 4.01. The molecule has 0 aromatic rings. The molecule has 0 aliphatic carbocycles. The van der Waals surface area contributed by atoms with Crippen LogP contribution in [0.2, 0.25) is 0 Å². The third-order valence-corrected chi connectivity index (χ3v) is 0.936. The van der Waals surface area contributed by atoms with Gasteiger partial charge in [-0.15, -0.1) is 11.6 Å². The van der Waals surface area contributed by atoms with Gasteiger partial charge in [0.15, 0.2) is 0 Å². The number of rotatable bonds is 3. The molecule has 0 bridgehead atoms. The number of hydrogen-bond donors (Lipinski definition) is 0. The third kappa shape index (κ3) is 4.24. The van der Waals surface area contributed by atoms with Crippen LogP contribution >= 0.6 is 11.6 Å². The minimum atomic E-state index is -2.58. The Bertz CT molecular complexity index is 57.2. The van der Waals surface area contributed by atoms with Crippen LogP contribution in [0.4, 0.5) is 13.2 Å². The molecule has 4 heteroatoms. The molecule has 0 nitrogen and oxygen atoms in total. The molecule has 1 unspecified atom stereocenters. The summed E-state index contributed by atoms with van der Waals surface area (Å²) in [7, 11) is 0. The van der Waals surface area contributed by atoms with Crippen molar-refractivity contribution in [3.8, 4) is 0 Å². The number of halogens is 4. The van der Waals surface area contributed by atoms with Gasteiger partial charge in [-0.05, 0) is 0 Å². The molecular weight excluding hydrogens is 140 g/mol. The summed E-state index contributed by atoms with van der Waals surface area (Å²) in [6, 6.07) is 0. The lowest BCUT2D eigenvalue weighted by Crippen LogP contribution is -2.06. The largest absolute Gasteiger partial charge is 0.246 e. The summed E-state index contributed by atoms with van der Waals surface area (Å²) in [6.07, 6.45) is -4.89. The molecule has 0 radical (unpaired) electrons. The van der Waals surface area contributed by atoms with Gasteiger partial charge in [-0.1, -0.05) is 0 Å². The molecule has 0 amide bonds. The van der Waals surface area contributed by atoms with E-state index in [1.54, 1.807) is 0 Å². The van der Waals surface area contributed by atoms with Crippen molar-refractivity contribution < 1.29 is 13.2 Å². The van der Waals surface area contributed by atoms with Gasteiger partial charge in [-0.3, -0.25) is 0 Å². The highest BCUT2D eigenvalue weighted by atomic mass is 35.5. The average molecular weight is 147 g/mol. The molecule has 0 fully saturated rings. The van der Waals surface area contributed by atoms with E-state index in [-0.39, 0.29) is 5.88 Å². The van der Waals surface area contributed by atoms with E-state index in [2.05, 4.69) is 0 Å². The Morgan fingerprint density at radius 1 is 1.25 bits per heavy atom. The van der Waals surface area contributed by atoms with Gasteiger partial charge < -0.3 is 0 Å². The van der Waals surface area contributed by atoms with Crippen LogP contribution in [0.15, 0.2) is 0 Å². The summed E-state index contributed by atoms with van der Waals surface area (Å²) in [5.74, 6) is -0.343. The van der Waals surface area contributed by atoms with Gasteiger partial charge in [0.05, 0.1) is 5.88 Å². The normalized spacial score (nSPS) is 14.6. The zero-order valence-electron chi connectivity index (χ0n) is 4.08. The van der Waals surface area contributed by atoms with Crippen molar-refractivity contribution in [2.45, 2.75) is 19.0 Å². The van der Waals surface area contributed by atoms with Crippen molar-refractivity contribution in [2.75, 3.05) is 5.88 Å². The Morgan fingerprint density at radius 3 is 1.88 bits per heavy atom. The highest BCUT2D eigenvalue weighted by Gasteiger charge is 2.11. The fourth-order valence-electron chi connectivity index (χ4n) is 0.256. The summed E-state index contributed by atoms with van der Waals surface area (Å²) in [5.41, 5.74) is 0. The predicted octanol–water partition coefficient (Wildman–Crippen LogP) is 2.22. The van der Waals surface area contributed by atoms with Crippen LogP contribution in [0, 0.1) is 0 Å². The maximum Gasteiger partial charge on any atom is 0.241 e. The minimum Gasteiger partial charge on any atom is -0.246 e. The van der Waals surface area contributed by atoms with Crippen LogP contribution in [0.25, 0.3) is 0 Å². The van der Waals surface area contributed by atoms with Gasteiger partial charge in [-0.25, -0.2) is 13.2 Å². The average Bonchev–Trinajstić information content (AvgIpc) is 1.65. The summed E-state index contributed by atoms with van der Waals surface area (Å²) in [5, 5.41) is 0. The van der Waals surface area contributed by atoms with E-state index >= 15 is 0 Å². The van der Waals surface area contributed by atoms with Gasteiger partial charge >= 0.3 is 0 Å². The van der Waals surface area contributed by atoms with Crippen molar-refractivity contribution in [3.05, 3.63) is 0 Å². The van der Waals surface area contributed by atoms with Crippen LogP contribution in [0.5, 0.6) is 0 Å². The topological polar surface area (TPSA) is 0 Å². The lowest BCUT2D eigenvalue weighted by Gasteiger charge is -1.99. The Morgan fingerprint density at radius 2 is 1.75 bits per heavy atom. The van der Waals surface area contributed by atoms with Gasteiger partial charge in [0.25, 0.3) is 0 Å². The molecule has 0 aromatic carbocycles. The van der Waals surface area contributed by atoms with Crippen LogP contribution in [-0.4, -0.2) is 18.5 Å². The van der Waals surface area contributed by atoms with Gasteiger partial charge in [0, 0.05) is 6.42 Å². The van der Waals surface area contributed by atoms with Crippen LogP contribution < -0.4 is 0 Å². The monoisotopic (exact) mass is 146 g/mol. The maximum atomic E-state index is 11.8. The van der Waals surface area contributed by atoms with Gasteiger partial charge in [-0.2, -0.15) is 0 Å². The molecule has 0 saturated heterocycles. The summed E-state index contributed by atoms with van der Waals surface area (Å²) in [6.45, 7) is 0. The van der Waals surface area contributed by atoms with Crippen molar-refractivity contribution in [1.29, 1.82) is 0 Å². The van der Waals surface area contributed by atoms with Crippen molar-refractivity contribution in [3.63, 3.8) is 0 Å². The molecule has 0 aliphatic rings. The lowest BCUT2D eigenvalue weighted by molar-refractivity contribution is 0.106. The first kappa shape index (κ1) is 8.08. The Kier molecular flexibility index (Phi) is 4.05. The van der Waals surface area contributed by atoms with E-state index in [4.69, 9.17) is 11.6 Å². The van der Waals surface area contributed by atoms with Crippen LogP contribution in [0.3, 0.4) is 0 Å². The highest BCUT2D eigenvalue weighted by Crippen LogP contribution is 2.07. The molecule has 0 rings (SSSR count). The first-order chi connectivity index (χ1) is 3.66. The van der Waals surface area contributed by atoms with Gasteiger partial charge in [0.2, 0.25) is 6.43 Å². The molecule has 50 valence electrons. The molecule has 8 heavy (non-hydrogen) atoms. The molecule has 0 N–H and O–H groups in total. The molecule has 0 aromatic heterocycles. The summed E-state index contributed by atoms with van der Waals surface area (Å²) >= 11 is 4.89. The van der Waals surface area contributed by atoms with E-state index in [0.29, 0.717) is 0 Å². The zero-order valence-corrected chi connectivity index (χ0v) is 4.84. The van der Waals surface area contributed by atoms with E-state index in [1.165, 1.54) is 0 Å². The van der Waals surface area contributed by atoms with E-state index in [0.717, 1.165) is 0 Å². The number of alkyl halides is 4. The molecular formula is C4H6ClF3. The first-order valence-corrected chi connectivity index (χ1v) is 2.68. The van der Waals surface area contributed by atoms with Crippen LogP contribution in [-0.2, 0) is 0 Å². The fourth-order valence-corrected chi connectivity index (χ4v) is 0.382. The highest BCUT2D eigenvalue weighted by molar-refractivity contribution is 6.18. The Balaban J connectivity index is 3.10. The lowest BCUT2D eigenvalue weighted by atomic mass is 10.3. The first-order valence-electron chi connectivity index (χ1n) is 2.15. The van der Waals surface area contributed by atoms with Crippen molar-refractivity contribution in [1.82, 2.24) is 0 Å². The van der Waals surface area contributed by atoms with E-state index in [9.17, 15) is 13.2 Å². The van der Waals surface area contributed by atoms with Crippen molar-refractivity contribution >= 4 is 11.6 Å². The van der Waals surface area contributed by atoms with Gasteiger partial charge in [0.1, 0.15) is 6.17 Å². The van der Waals surface area contributed by atoms with E-state index in [1.807, 2.05) is 0 Å². The predicted molar refractivity (Wildman–Crippen MR) is 26.2 cm³/mol. The number of hydrogen-bond acceptors (Lipinski definition) is 0. The molecule has 0 aliphatic heterocycles. The smallest absolute Gasteiger partial charge is 0.241 e. The Labute approximate surface area is 50.6 Å². The SMILES string of the molecule is FC(F)CC(F)CCl. The summed E-state index contributed by atoms with van der Waals surface area (Å²) < 4.78 is 34.1. The zero-order chi connectivity index (χ0) is 6.57. The standard InChI is InChI=1S/C4H6ClF3/c5-2-3(6)1-4(7)8/h3-4H,1-2H2. The third-order valence-electron chi connectivity index (χ3n) is 0.601. The second-order valence-electron chi connectivity index (χ2n) is 1.38. The fraction of sp³-hybridized carbons (Fsp3) is 1.00. The molecule has 1 atom stereocenters. The molecule has 0 heterocycles. The molecule has 0 spiro atoms. The van der Waals surface area contributed by atoms with Crippen LogP contribution in [0.1, 0.15) is 6.42 Å². The minimum absolute atomic E-state index is 0.343. The molecule has 0 saturated carbocycles. The second-order valence-corrected chi connectivity index (χ2v) is 1.69. The van der Waals surface area contributed by atoms with E-state index < -0.39 is 19.0 Å². The maximum absolute atomic E-state index is 11.8.